The minimum atomic E-state index is -0.430. The predicted molar refractivity (Wildman–Crippen MR) is 129 cm³/mol. The molecule has 3 rings (SSSR count). The third-order valence-corrected chi connectivity index (χ3v) is 5.63. The first-order valence-corrected chi connectivity index (χ1v) is 11.5. The number of aryl methyl sites for hydroxylation is 2. The maximum atomic E-state index is 12.1. The van der Waals surface area contributed by atoms with Crippen LogP contribution in [0.1, 0.15) is 48.2 Å². The van der Waals surface area contributed by atoms with E-state index in [-0.39, 0.29) is 12.6 Å². The predicted octanol–water partition coefficient (Wildman–Crippen LogP) is 3.67. The Hall–Kier alpha value is -2.83. The van der Waals surface area contributed by atoms with Crippen molar-refractivity contribution in [2.24, 2.45) is 5.73 Å². The van der Waals surface area contributed by atoms with Crippen LogP contribution in [0.15, 0.2) is 48.7 Å². The molecule has 1 heterocycles. The second kappa shape index (κ2) is 11.7. The number of carbonyl (C=O) groups excluding carboxylic acids is 1. The summed E-state index contributed by atoms with van der Waals surface area (Å²) in [7, 11) is 0. The number of ether oxygens (including phenoxy) is 1. The summed E-state index contributed by atoms with van der Waals surface area (Å²) in [5.74, 6) is 0.534. The van der Waals surface area contributed by atoms with Crippen LogP contribution in [0.3, 0.4) is 0 Å². The van der Waals surface area contributed by atoms with Gasteiger partial charge in [0.05, 0.1) is 11.1 Å². The monoisotopic (exact) mass is 437 g/mol. The van der Waals surface area contributed by atoms with E-state index in [0.29, 0.717) is 25.1 Å². The van der Waals surface area contributed by atoms with Crippen LogP contribution in [0, 0.1) is 0 Å². The molecule has 0 bridgehead atoms. The van der Waals surface area contributed by atoms with Crippen LogP contribution in [0.25, 0.3) is 10.9 Å². The quantitative estimate of drug-likeness (QED) is 0.356. The number of para-hydroxylation sites is 1. The zero-order chi connectivity index (χ0) is 22.9. The molecule has 0 spiro atoms. The molecular formula is C26H35N3O3. The van der Waals surface area contributed by atoms with E-state index in [9.17, 15) is 4.79 Å². The molecule has 0 aliphatic heterocycles. The molecule has 0 radical (unpaired) electrons. The Morgan fingerprint density at radius 1 is 1.25 bits per heavy atom. The van der Waals surface area contributed by atoms with Gasteiger partial charge in [0.25, 0.3) is 5.91 Å². The van der Waals surface area contributed by atoms with Gasteiger partial charge in [-0.2, -0.15) is 0 Å². The van der Waals surface area contributed by atoms with Crippen LogP contribution in [0.5, 0.6) is 5.75 Å². The van der Waals surface area contributed by atoms with Crippen LogP contribution < -0.4 is 15.8 Å². The van der Waals surface area contributed by atoms with Crippen molar-refractivity contribution in [1.29, 1.82) is 0 Å². The molecule has 2 aromatic carbocycles. The molecule has 0 saturated carbocycles. The number of benzene rings is 2. The van der Waals surface area contributed by atoms with E-state index < -0.39 is 5.91 Å². The van der Waals surface area contributed by atoms with Crippen molar-refractivity contribution in [2.45, 2.75) is 52.1 Å². The number of aliphatic hydroxyl groups excluding tert-OH is 1. The summed E-state index contributed by atoms with van der Waals surface area (Å²) in [5, 5.41) is 13.6. The van der Waals surface area contributed by atoms with E-state index in [4.69, 9.17) is 15.6 Å². The maximum absolute atomic E-state index is 12.1. The number of amides is 1. The molecule has 4 N–H and O–H groups in total. The van der Waals surface area contributed by atoms with Crippen molar-refractivity contribution >= 4 is 16.8 Å². The highest BCUT2D eigenvalue weighted by Gasteiger charge is 2.14. The first kappa shape index (κ1) is 23.8. The molecule has 1 unspecified atom stereocenters. The van der Waals surface area contributed by atoms with Crippen LogP contribution in [0.2, 0.25) is 0 Å². The number of nitrogens with two attached hydrogens (primary N) is 1. The first-order valence-electron chi connectivity index (χ1n) is 11.5. The molecule has 1 amide bonds. The maximum Gasteiger partial charge on any atom is 0.250 e. The van der Waals surface area contributed by atoms with Crippen LogP contribution >= 0.6 is 0 Å². The Bertz CT molecular complexity index is 1030. The average Bonchev–Trinajstić information content (AvgIpc) is 3.18. The van der Waals surface area contributed by atoms with Crippen molar-refractivity contribution in [3.8, 4) is 5.75 Å². The van der Waals surface area contributed by atoms with Gasteiger partial charge in [0, 0.05) is 37.3 Å². The molecule has 6 nitrogen and oxygen atoms in total. The third-order valence-electron chi connectivity index (χ3n) is 5.63. The molecule has 0 aliphatic rings. The lowest BCUT2D eigenvalue weighted by Crippen LogP contribution is -2.32. The summed E-state index contributed by atoms with van der Waals surface area (Å²) < 4.78 is 7.98. The topological polar surface area (TPSA) is 89.5 Å². The van der Waals surface area contributed by atoms with E-state index >= 15 is 0 Å². The summed E-state index contributed by atoms with van der Waals surface area (Å²) in [6, 6.07) is 14.5. The highest BCUT2D eigenvalue weighted by molar-refractivity contribution is 6.05. The molecule has 0 aliphatic carbocycles. The molecule has 1 aromatic heterocycles. The molecule has 0 fully saturated rings. The van der Waals surface area contributed by atoms with Gasteiger partial charge in [-0.05, 0) is 61.6 Å². The third kappa shape index (κ3) is 6.11. The fourth-order valence-electron chi connectivity index (χ4n) is 4.16. The van der Waals surface area contributed by atoms with Crippen molar-refractivity contribution in [1.82, 2.24) is 9.88 Å². The average molecular weight is 438 g/mol. The number of hydrogen-bond donors (Lipinski definition) is 3. The normalized spacial score (nSPS) is 12.2. The Morgan fingerprint density at radius 3 is 2.81 bits per heavy atom. The Labute approximate surface area is 190 Å². The summed E-state index contributed by atoms with van der Waals surface area (Å²) >= 11 is 0. The highest BCUT2D eigenvalue weighted by Crippen LogP contribution is 2.24. The largest absolute Gasteiger partial charge is 0.492 e. The standard InChI is InChI=1S/C26H35N3O3/c1-3-7-21-8-4-5-9-24(21)32-15-11-28-19(2)16-20-17-22-10-13-29(12-6-14-30)25(22)23(18-20)26(27)31/h4-5,8-10,13,17-19,28,30H,3,6-7,11-12,14-16H2,1-2H3,(H2,27,31). The molecule has 1 atom stereocenters. The van der Waals surface area contributed by atoms with Crippen molar-refractivity contribution in [3.63, 3.8) is 0 Å². The summed E-state index contributed by atoms with van der Waals surface area (Å²) in [4.78, 5) is 12.1. The van der Waals surface area contributed by atoms with E-state index in [2.05, 4.69) is 37.4 Å². The molecule has 32 heavy (non-hydrogen) atoms. The van der Waals surface area contributed by atoms with Gasteiger partial charge in [-0.3, -0.25) is 4.79 Å². The number of aliphatic hydroxyl groups is 1. The highest BCUT2D eigenvalue weighted by atomic mass is 16.5. The Morgan fingerprint density at radius 2 is 2.06 bits per heavy atom. The van der Waals surface area contributed by atoms with E-state index in [1.807, 2.05) is 35.0 Å². The summed E-state index contributed by atoms with van der Waals surface area (Å²) in [6.45, 7) is 6.41. The van der Waals surface area contributed by atoms with Crippen molar-refractivity contribution in [2.75, 3.05) is 19.8 Å². The van der Waals surface area contributed by atoms with E-state index in [0.717, 1.165) is 48.0 Å². The molecule has 6 heteroatoms. The van der Waals surface area contributed by atoms with Gasteiger partial charge in [-0.1, -0.05) is 31.5 Å². The molecule has 0 saturated heterocycles. The summed E-state index contributed by atoms with van der Waals surface area (Å²) in [6.07, 6.45) is 5.48. The van der Waals surface area contributed by atoms with Gasteiger partial charge < -0.3 is 25.5 Å². The second-order valence-electron chi connectivity index (χ2n) is 8.30. The fraction of sp³-hybridized carbons (Fsp3) is 0.423. The lowest BCUT2D eigenvalue weighted by atomic mass is 10.0. The number of nitrogens with one attached hydrogen (secondary N) is 1. The number of carbonyl (C=O) groups is 1. The van der Waals surface area contributed by atoms with Gasteiger partial charge in [-0.15, -0.1) is 0 Å². The first-order chi connectivity index (χ1) is 15.5. The fourth-order valence-corrected chi connectivity index (χ4v) is 4.16. The number of hydrogen-bond acceptors (Lipinski definition) is 4. The zero-order valence-corrected chi connectivity index (χ0v) is 19.1. The van der Waals surface area contributed by atoms with E-state index in [1.165, 1.54) is 5.56 Å². The van der Waals surface area contributed by atoms with Crippen LogP contribution in [0.4, 0.5) is 0 Å². The number of fused-ring (bicyclic) bond motifs is 1. The number of primary amides is 1. The molecular weight excluding hydrogens is 402 g/mol. The van der Waals surface area contributed by atoms with E-state index in [1.54, 1.807) is 0 Å². The van der Waals surface area contributed by atoms with Gasteiger partial charge >= 0.3 is 0 Å². The smallest absolute Gasteiger partial charge is 0.250 e. The lowest BCUT2D eigenvalue weighted by molar-refractivity contribution is 0.100. The van der Waals surface area contributed by atoms with Gasteiger partial charge in [-0.25, -0.2) is 0 Å². The number of rotatable bonds is 13. The van der Waals surface area contributed by atoms with Crippen LogP contribution in [-0.4, -0.2) is 41.4 Å². The van der Waals surface area contributed by atoms with Gasteiger partial charge in [0.15, 0.2) is 0 Å². The molecule has 3 aromatic rings. The minimum Gasteiger partial charge on any atom is -0.492 e. The van der Waals surface area contributed by atoms with Gasteiger partial charge in [0.1, 0.15) is 12.4 Å². The number of aromatic nitrogens is 1. The lowest BCUT2D eigenvalue weighted by Gasteiger charge is -2.16. The van der Waals surface area contributed by atoms with Crippen LogP contribution in [-0.2, 0) is 19.4 Å². The zero-order valence-electron chi connectivity index (χ0n) is 19.1. The Kier molecular flexibility index (Phi) is 8.71. The minimum absolute atomic E-state index is 0.112. The number of nitrogens with zero attached hydrogens (tertiary/aromatic N) is 1. The molecule has 172 valence electrons. The second-order valence-corrected chi connectivity index (χ2v) is 8.30. The van der Waals surface area contributed by atoms with Gasteiger partial charge in [0.2, 0.25) is 0 Å². The SMILES string of the molecule is CCCc1ccccc1OCCNC(C)Cc1cc(C(N)=O)c2c(ccn2CCCO)c1. The van der Waals surface area contributed by atoms with Crippen molar-refractivity contribution < 1.29 is 14.6 Å². The van der Waals surface area contributed by atoms with Crippen molar-refractivity contribution in [3.05, 3.63) is 65.4 Å². The summed E-state index contributed by atoms with van der Waals surface area (Å²) in [5.41, 5.74) is 9.38. The Balaban J connectivity index is 1.59.